The molecule has 2 saturated heterocycles. The van der Waals surface area contributed by atoms with E-state index in [1.165, 1.54) is 64.4 Å². The highest BCUT2D eigenvalue weighted by Crippen LogP contribution is 2.50. The number of hydrogen-bond donors (Lipinski definition) is 19. The number of nitrogens with one attached hydrogen (secondary N) is 8. The van der Waals surface area contributed by atoms with Crippen LogP contribution in [0.5, 0.6) is 46.0 Å². The lowest BCUT2D eigenvalue weighted by molar-refractivity contribution is -0.890. The van der Waals surface area contributed by atoms with Crippen molar-refractivity contribution < 1.29 is 117 Å². The SMILES string of the molecule is CCCCCCCCCC[N+](C)(C)CCCNC(=O)[C@H]1NC(=O)[C@H]2NC(=O)[C@H](NC(=O)[C@@H]3NC(=O)[C@H](CC(N)=O)NC(=O)[C@H](NC(=O)[C@@H](CC(C)C)NC)C(O)c4ccc(c(Cl)c4)Oc4cc3cc(c4O[C@@H]3O[C@H](CO)[C@@H](O)[C@H](O)[C@H]3O[C@H]3C[C@](C)(N)[C@H](O)[C@H](C)O3)Oc3ccc(cc3Cl)[C@H]2O)c2ccc(O)c(c2)-c2c(O)cc(O)cc21. The fourth-order valence-electron chi connectivity index (χ4n) is 15.1. The van der Waals surface area contributed by atoms with Crippen LogP contribution in [0.4, 0.5) is 0 Å². The van der Waals surface area contributed by atoms with Crippen LogP contribution in [-0.2, 0) is 52.6 Å². The molecule has 21 N–H and O–H groups in total. The zero-order valence-corrected chi connectivity index (χ0v) is 67.8. The minimum Gasteiger partial charge on any atom is -0.508 e. The van der Waals surface area contributed by atoms with E-state index in [2.05, 4.69) is 63.6 Å². The van der Waals surface area contributed by atoms with Gasteiger partial charge in [0.2, 0.25) is 59.3 Å². The van der Waals surface area contributed by atoms with Gasteiger partial charge in [-0.1, -0.05) is 101 Å². The van der Waals surface area contributed by atoms with E-state index >= 15 is 24.0 Å². The molecule has 7 aliphatic heterocycles. The van der Waals surface area contributed by atoms with Crippen molar-refractivity contribution in [2.75, 3.05) is 47.4 Å². The molecule has 7 heterocycles. The number of ether oxygens (including phenoxy) is 6. The molecular weight excluding hydrogens is 1570 g/mol. The van der Waals surface area contributed by atoms with Crippen molar-refractivity contribution in [3.8, 4) is 57.1 Å². The predicted molar refractivity (Wildman–Crippen MR) is 424 cm³/mol. The minimum absolute atomic E-state index is 0.0373. The molecule has 7 aliphatic rings. The summed E-state index contributed by atoms with van der Waals surface area (Å²) in [5.74, 6) is -14.4. The molecule has 11 bridgehead atoms. The highest BCUT2D eigenvalue weighted by molar-refractivity contribution is 6.32. The molecule has 18 atom stereocenters. The number of aliphatic hydroxyl groups is 6. The van der Waals surface area contributed by atoms with E-state index in [1.807, 2.05) is 13.8 Å². The van der Waals surface area contributed by atoms with Gasteiger partial charge in [0.25, 0.3) is 0 Å². The van der Waals surface area contributed by atoms with Crippen molar-refractivity contribution in [1.82, 2.24) is 42.5 Å². The fraction of sp³-hybridized carbons (Fsp3) is 0.531. The lowest BCUT2D eigenvalue weighted by Crippen LogP contribution is -2.64. The molecule has 5 aromatic rings. The Morgan fingerprint density at radius 2 is 1.28 bits per heavy atom. The first-order valence-electron chi connectivity index (χ1n) is 39.2. The molecule has 0 aromatic heterocycles. The van der Waals surface area contributed by atoms with Crippen LogP contribution in [-0.4, -0.2) is 224 Å². The molecule has 2 fully saturated rings. The zero-order chi connectivity index (χ0) is 85.2. The van der Waals surface area contributed by atoms with Crippen LogP contribution in [0.2, 0.25) is 10.0 Å². The molecule has 638 valence electrons. The average molecular weight is 1670 g/mol. The van der Waals surface area contributed by atoms with E-state index in [0.29, 0.717) is 17.4 Å². The molecular formula is C81H108Cl2N11O23+. The normalized spacial score (nSPS) is 27.2. The van der Waals surface area contributed by atoms with Crippen LogP contribution in [0.25, 0.3) is 11.1 Å². The van der Waals surface area contributed by atoms with E-state index < -0.39 is 215 Å². The molecule has 0 aliphatic carbocycles. The number of benzene rings is 5. The number of fused-ring (bicyclic) bond motifs is 15. The Bertz CT molecular complexity index is 4440. The topological polar surface area (TPSA) is 522 Å². The Hall–Kier alpha value is -9.24. The van der Waals surface area contributed by atoms with Crippen LogP contribution in [0, 0.1) is 5.92 Å². The average Bonchev–Trinajstić information content (AvgIpc) is 0.766. The van der Waals surface area contributed by atoms with Gasteiger partial charge in [-0.25, -0.2) is 0 Å². The third-order valence-corrected chi connectivity index (χ3v) is 22.2. The quantitative estimate of drug-likeness (QED) is 0.0277. The van der Waals surface area contributed by atoms with Crippen molar-refractivity contribution in [3.63, 3.8) is 0 Å². The molecule has 34 nitrogen and oxygen atoms in total. The second-order valence-corrected chi connectivity index (χ2v) is 32.7. The number of hydrogen-bond acceptors (Lipinski definition) is 25. The maximum absolute atomic E-state index is 16.3. The lowest BCUT2D eigenvalue weighted by atomic mass is 9.86. The minimum atomic E-state index is -2.33. The summed E-state index contributed by atoms with van der Waals surface area (Å²) in [4.78, 5) is 121. The first-order chi connectivity index (χ1) is 55.4. The Morgan fingerprint density at radius 3 is 1.89 bits per heavy atom. The van der Waals surface area contributed by atoms with Gasteiger partial charge in [-0.2, -0.15) is 0 Å². The monoisotopic (exact) mass is 1670 g/mol. The maximum Gasteiger partial charge on any atom is 0.248 e. The number of phenolic OH excluding ortho intramolecular Hbond substituents is 3. The van der Waals surface area contributed by atoms with Crippen LogP contribution >= 0.6 is 23.2 Å². The van der Waals surface area contributed by atoms with Crippen LogP contribution in [0.1, 0.15) is 170 Å². The Kier molecular flexibility index (Phi) is 30.1. The number of aromatic hydroxyl groups is 3. The van der Waals surface area contributed by atoms with E-state index in [9.17, 15) is 60.3 Å². The highest BCUT2D eigenvalue weighted by Gasteiger charge is 2.52. The zero-order valence-electron chi connectivity index (χ0n) is 66.3. The highest BCUT2D eigenvalue weighted by atomic mass is 35.5. The summed E-state index contributed by atoms with van der Waals surface area (Å²) in [7, 11) is 5.64. The summed E-state index contributed by atoms with van der Waals surface area (Å²) in [6.07, 6.45) is -8.93. The van der Waals surface area contributed by atoms with Crippen LogP contribution in [0.15, 0.2) is 78.9 Å². The standard InChI is InChI=1S/C81H107Cl2N11O23/c1-9-10-11-12-13-14-15-16-25-94(7,8)26-17-24-87-75(107)63-46-33-44(96)34-52(98)60(46)45-28-40(18-21-51(45)97)61-76(108)93-65(79(111)91-63)67(101)42-20-23-54(48(83)30-42)114-56-32-43-31-55(70(56)117-80-71(69(103)68(102)57(37-95)115-80)116-59-36-81(5,85)72(104)39(4)112-59)113-53-22-19-41(29-47(53)82)66(100)64(92-73(105)49(86-6)27-38(2)3)78(110)88-50(35-58(84)99)74(106)89-62(43)77(109)90-61/h18-23,28-34,38-39,49-50,57,59,61-69,71-72,80,86,95,100-104H,9-17,24-27,35-37,85H2,1-8H3,(H11-,84,87,88,89,90,91,92,93,96,97,98,99,105,106,107,108,109,110,111)/p+1/t39-,49+,50-,57+,59-,61+,62+,63-,64+,65-,66?,67+,68+,69-,71+,72+,80-,81-/m0/s1. The van der Waals surface area contributed by atoms with Gasteiger partial charge in [-0.05, 0) is 128 Å². The van der Waals surface area contributed by atoms with E-state index in [0.717, 1.165) is 93.2 Å². The molecule has 36 heteroatoms. The van der Waals surface area contributed by atoms with Gasteiger partial charge >= 0.3 is 0 Å². The summed E-state index contributed by atoms with van der Waals surface area (Å²) < 4.78 is 39.4. The third kappa shape index (κ3) is 21.8. The van der Waals surface area contributed by atoms with E-state index in [1.54, 1.807) is 0 Å². The largest absolute Gasteiger partial charge is 0.508 e. The Labute approximate surface area is 686 Å². The van der Waals surface area contributed by atoms with Crippen molar-refractivity contribution in [2.24, 2.45) is 17.4 Å². The summed E-state index contributed by atoms with van der Waals surface area (Å²) in [6.45, 7) is 9.40. The molecule has 5 aromatic carbocycles. The smallest absolute Gasteiger partial charge is 0.248 e. The van der Waals surface area contributed by atoms with Crippen molar-refractivity contribution in [3.05, 3.63) is 117 Å². The van der Waals surface area contributed by atoms with Crippen LogP contribution in [0.3, 0.4) is 0 Å². The first-order valence-corrected chi connectivity index (χ1v) is 40.0. The number of carbonyl (C=O) groups excluding carboxylic acids is 8. The maximum atomic E-state index is 16.3. The Balaban J connectivity index is 1.16. The number of nitrogens with zero attached hydrogens (tertiary/aromatic N) is 1. The van der Waals surface area contributed by atoms with Gasteiger partial charge in [-0.3, -0.25) is 38.4 Å². The molecule has 0 saturated carbocycles. The van der Waals surface area contributed by atoms with Crippen molar-refractivity contribution in [1.29, 1.82) is 0 Å². The van der Waals surface area contributed by atoms with Gasteiger partial charge in [-0.15, -0.1) is 0 Å². The number of unbranched alkanes of at least 4 members (excludes halogenated alkanes) is 7. The van der Waals surface area contributed by atoms with Gasteiger partial charge in [0.15, 0.2) is 23.9 Å². The number of quaternary nitrogens is 1. The number of aliphatic hydroxyl groups excluding tert-OH is 6. The Morgan fingerprint density at radius 1 is 0.684 bits per heavy atom. The summed E-state index contributed by atoms with van der Waals surface area (Å²) in [6, 6.07) is 0.700. The number of likely N-dealkylation sites (N-methyl/N-ethyl adjacent to an activating group) is 1. The predicted octanol–water partition coefficient (Wildman–Crippen LogP) is 3.75. The summed E-state index contributed by atoms with van der Waals surface area (Å²) in [5, 5.41) is 126. The van der Waals surface area contributed by atoms with E-state index in [-0.39, 0.29) is 75.2 Å². The van der Waals surface area contributed by atoms with E-state index in [4.69, 9.17) is 63.1 Å². The fourth-order valence-corrected chi connectivity index (χ4v) is 15.6. The summed E-state index contributed by atoms with van der Waals surface area (Å²) >= 11 is 14.3. The van der Waals surface area contributed by atoms with Crippen LogP contribution < -0.4 is 68.2 Å². The molecule has 1 unspecified atom stereocenters. The van der Waals surface area contributed by atoms with Crippen molar-refractivity contribution >= 4 is 70.5 Å². The number of phenols is 3. The van der Waals surface area contributed by atoms with Gasteiger partial charge in [0.1, 0.15) is 95.5 Å². The third-order valence-electron chi connectivity index (χ3n) is 21.6. The van der Waals surface area contributed by atoms with Gasteiger partial charge in [0, 0.05) is 42.1 Å². The van der Waals surface area contributed by atoms with Gasteiger partial charge < -0.3 is 133 Å². The number of rotatable bonds is 26. The second kappa shape index (κ2) is 39.1. The van der Waals surface area contributed by atoms with Crippen molar-refractivity contribution in [2.45, 2.75) is 221 Å². The van der Waals surface area contributed by atoms with Gasteiger partial charge in [0.05, 0.1) is 68.5 Å². The molecule has 0 radical (unpaired) electrons. The molecule has 8 amide bonds. The molecule has 0 spiro atoms. The molecule has 117 heavy (non-hydrogen) atoms. The number of carbonyl (C=O) groups is 8. The second-order valence-electron chi connectivity index (χ2n) is 31.9. The first kappa shape index (κ1) is 90.1. The number of halogens is 2. The lowest BCUT2D eigenvalue weighted by Gasteiger charge is -2.47. The number of primary amides is 1. The number of amides is 8. The number of nitrogens with two attached hydrogens (primary N) is 2. The molecule has 12 rings (SSSR count). The summed E-state index contributed by atoms with van der Waals surface area (Å²) in [5.41, 5.74) is 8.79.